The van der Waals surface area contributed by atoms with Crippen LogP contribution >= 0.6 is 0 Å². The largest absolute Gasteiger partial charge is 0.302 e. The lowest BCUT2D eigenvalue weighted by Crippen LogP contribution is -2.30. The van der Waals surface area contributed by atoms with Gasteiger partial charge in [-0.25, -0.2) is 4.39 Å². The van der Waals surface area contributed by atoms with E-state index < -0.39 is 0 Å². The standard InChI is InChI=1S/C15H19FN2O/c1-3-18(11-12(2)10-17)9-8-15(19)13-4-6-14(16)7-5-13/h4-7,12H,3,8-9,11H2,1-2H3. The third-order valence-electron chi connectivity index (χ3n) is 3.02. The zero-order valence-corrected chi connectivity index (χ0v) is 11.4. The maximum atomic E-state index is 12.8. The van der Waals surface area contributed by atoms with Gasteiger partial charge in [0.05, 0.1) is 12.0 Å². The van der Waals surface area contributed by atoms with Crippen LogP contribution < -0.4 is 0 Å². The highest BCUT2D eigenvalue weighted by Gasteiger charge is 2.11. The molecule has 0 spiro atoms. The van der Waals surface area contributed by atoms with Crippen molar-refractivity contribution in [3.8, 4) is 6.07 Å². The van der Waals surface area contributed by atoms with Gasteiger partial charge in [0.1, 0.15) is 5.82 Å². The summed E-state index contributed by atoms with van der Waals surface area (Å²) < 4.78 is 12.8. The molecule has 0 amide bonds. The van der Waals surface area contributed by atoms with E-state index in [0.717, 1.165) is 6.54 Å². The third kappa shape index (κ3) is 5.19. The number of halogens is 1. The molecule has 1 unspecified atom stereocenters. The molecule has 0 aliphatic rings. The van der Waals surface area contributed by atoms with Crippen molar-refractivity contribution >= 4 is 5.78 Å². The number of rotatable bonds is 7. The highest BCUT2D eigenvalue weighted by molar-refractivity contribution is 5.96. The Balaban J connectivity index is 2.48. The minimum absolute atomic E-state index is 0.00283. The molecule has 0 N–H and O–H groups in total. The van der Waals surface area contributed by atoms with E-state index in [4.69, 9.17) is 5.26 Å². The number of carbonyl (C=O) groups is 1. The SMILES string of the molecule is CCN(CCC(=O)c1ccc(F)cc1)CC(C)C#N. The molecular formula is C15H19FN2O. The fraction of sp³-hybridized carbons (Fsp3) is 0.467. The van der Waals surface area contributed by atoms with Crippen molar-refractivity contribution in [2.45, 2.75) is 20.3 Å². The predicted octanol–water partition coefficient (Wildman–Crippen LogP) is 2.88. The second-order valence-electron chi connectivity index (χ2n) is 4.60. The number of Topliss-reactive ketones (excluding diaryl/α,β-unsaturated/α-hetero) is 1. The summed E-state index contributed by atoms with van der Waals surface area (Å²) in [6.45, 7) is 5.97. The summed E-state index contributed by atoms with van der Waals surface area (Å²) in [5.74, 6) is -0.376. The molecule has 0 saturated carbocycles. The predicted molar refractivity (Wildman–Crippen MR) is 72.2 cm³/mol. The Labute approximate surface area is 113 Å². The molecule has 3 nitrogen and oxygen atoms in total. The first-order valence-corrected chi connectivity index (χ1v) is 6.47. The molecule has 0 aliphatic heterocycles. The second kappa shape index (κ2) is 7.65. The summed E-state index contributed by atoms with van der Waals surface area (Å²) >= 11 is 0. The molecule has 102 valence electrons. The average Bonchev–Trinajstić information content (AvgIpc) is 2.43. The van der Waals surface area contributed by atoms with Crippen LogP contribution in [0.3, 0.4) is 0 Å². The Morgan fingerprint density at radius 1 is 1.42 bits per heavy atom. The number of nitrogens with zero attached hydrogens (tertiary/aromatic N) is 2. The summed E-state index contributed by atoms with van der Waals surface area (Å²) in [5, 5.41) is 8.78. The first-order valence-electron chi connectivity index (χ1n) is 6.47. The fourth-order valence-electron chi connectivity index (χ4n) is 1.85. The normalized spacial score (nSPS) is 12.2. The van der Waals surface area contributed by atoms with Crippen LogP contribution in [0.2, 0.25) is 0 Å². The van der Waals surface area contributed by atoms with Crippen LogP contribution in [0.4, 0.5) is 4.39 Å². The van der Waals surface area contributed by atoms with Gasteiger partial charge in [0.15, 0.2) is 5.78 Å². The summed E-state index contributed by atoms with van der Waals surface area (Å²) in [7, 11) is 0. The van der Waals surface area contributed by atoms with E-state index >= 15 is 0 Å². The number of ketones is 1. The Morgan fingerprint density at radius 2 is 2.05 bits per heavy atom. The van der Waals surface area contributed by atoms with E-state index in [1.807, 2.05) is 13.8 Å². The third-order valence-corrected chi connectivity index (χ3v) is 3.02. The van der Waals surface area contributed by atoms with Crippen LogP contribution in [0.25, 0.3) is 0 Å². The molecule has 1 aromatic rings. The van der Waals surface area contributed by atoms with Crippen molar-refractivity contribution < 1.29 is 9.18 Å². The summed E-state index contributed by atoms with van der Waals surface area (Å²) in [4.78, 5) is 14.0. The Morgan fingerprint density at radius 3 is 2.58 bits per heavy atom. The number of nitriles is 1. The van der Waals surface area contributed by atoms with Crippen molar-refractivity contribution in [3.63, 3.8) is 0 Å². The lowest BCUT2D eigenvalue weighted by molar-refractivity contribution is 0.0963. The van der Waals surface area contributed by atoms with Crippen LogP contribution in [0, 0.1) is 23.1 Å². The molecule has 0 bridgehead atoms. The van der Waals surface area contributed by atoms with Gasteiger partial charge in [-0.2, -0.15) is 5.26 Å². The Bertz CT molecular complexity index is 450. The first-order chi connectivity index (χ1) is 9.06. The van der Waals surface area contributed by atoms with Gasteiger partial charge in [-0.15, -0.1) is 0 Å². The molecule has 19 heavy (non-hydrogen) atoms. The first kappa shape index (κ1) is 15.3. The van der Waals surface area contributed by atoms with E-state index in [1.54, 1.807) is 0 Å². The molecule has 0 fully saturated rings. The van der Waals surface area contributed by atoms with Crippen molar-refractivity contribution in [2.24, 2.45) is 5.92 Å². The van der Waals surface area contributed by atoms with Crippen LogP contribution in [-0.2, 0) is 0 Å². The number of benzene rings is 1. The van der Waals surface area contributed by atoms with E-state index in [9.17, 15) is 9.18 Å². The molecule has 0 radical (unpaired) electrons. The van der Waals surface area contributed by atoms with Gasteiger partial charge in [-0.1, -0.05) is 6.92 Å². The highest BCUT2D eigenvalue weighted by atomic mass is 19.1. The summed E-state index contributed by atoms with van der Waals surface area (Å²) in [6.07, 6.45) is 0.387. The van der Waals surface area contributed by atoms with Crippen molar-refractivity contribution in [3.05, 3.63) is 35.6 Å². The monoisotopic (exact) mass is 262 g/mol. The van der Waals surface area contributed by atoms with Gasteiger partial charge in [0, 0.05) is 25.1 Å². The molecule has 0 heterocycles. The molecule has 4 heteroatoms. The average molecular weight is 262 g/mol. The van der Waals surface area contributed by atoms with Crippen LogP contribution in [0.1, 0.15) is 30.6 Å². The summed E-state index contributed by atoms with van der Waals surface area (Å²) in [5.41, 5.74) is 0.533. The molecule has 0 aromatic heterocycles. The maximum Gasteiger partial charge on any atom is 0.164 e. The van der Waals surface area contributed by atoms with E-state index in [1.165, 1.54) is 24.3 Å². The number of hydrogen-bond acceptors (Lipinski definition) is 3. The Kier molecular flexibility index (Phi) is 6.17. The zero-order valence-electron chi connectivity index (χ0n) is 11.4. The lowest BCUT2D eigenvalue weighted by atomic mass is 10.1. The molecular weight excluding hydrogens is 243 g/mol. The maximum absolute atomic E-state index is 12.8. The minimum atomic E-state index is -0.338. The van der Waals surface area contributed by atoms with Crippen LogP contribution in [-0.4, -0.2) is 30.3 Å². The van der Waals surface area contributed by atoms with Gasteiger partial charge in [-0.3, -0.25) is 4.79 Å². The van der Waals surface area contributed by atoms with Gasteiger partial charge in [-0.05, 0) is 37.7 Å². The quantitative estimate of drug-likeness (QED) is 0.710. The molecule has 1 aromatic carbocycles. The smallest absolute Gasteiger partial charge is 0.164 e. The summed E-state index contributed by atoms with van der Waals surface area (Å²) in [6, 6.07) is 7.79. The molecule has 1 atom stereocenters. The van der Waals surface area contributed by atoms with Crippen molar-refractivity contribution in [2.75, 3.05) is 19.6 Å². The van der Waals surface area contributed by atoms with Gasteiger partial charge in [0.2, 0.25) is 0 Å². The lowest BCUT2D eigenvalue weighted by Gasteiger charge is -2.20. The van der Waals surface area contributed by atoms with Gasteiger partial charge >= 0.3 is 0 Å². The molecule has 0 aliphatic carbocycles. The Hall–Kier alpha value is -1.73. The zero-order chi connectivity index (χ0) is 14.3. The van der Waals surface area contributed by atoms with Crippen LogP contribution in [0.5, 0.6) is 0 Å². The van der Waals surface area contributed by atoms with Gasteiger partial charge < -0.3 is 4.90 Å². The fourth-order valence-corrected chi connectivity index (χ4v) is 1.85. The topological polar surface area (TPSA) is 44.1 Å². The van der Waals surface area contributed by atoms with Crippen molar-refractivity contribution in [1.29, 1.82) is 5.26 Å². The highest BCUT2D eigenvalue weighted by Crippen LogP contribution is 2.07. The second-order valence-corrected chi connectivity index (χ2v) is 4.60. The van der Waals surface area contributed by atoms with E-state index in [2.05, 4.69) is 11.0 Å². The van der Waals surface area contributed by atoms with Gasteiger partial charge in [0.25, 0.3) is 0 Å². The van der Waals surface area contributed by atoms with Crippen LogP contribution in [0.15, 0.2) is 24.3 Å². The molecule has 1 rings (SSSR count). The minimum Gasteiger partial charge on any atom is -0.302 e. The van der Waals surface area contributed by atoms with E-state index in [0.29, 0.717) is 25.1 Å². The molecule has 0 saturated heterocycles. The van der Waals surface area contributed by atoms with Crippen molar-refractivity contribution in [1.82, 2.24) is 4.90 Å². The van der Waals surface area contributed by atoms with E-state index in [-0.39, 0.29) is 17.5 Å². The number of carbonyl (C=O) groups excluding carboxylic acids is 1. The number of hydrogen-bond donors (Lipinski definition) is 0.